The Morgan fingerprint density at radius 2 is 1.78 bits per heavy atom. The van der Waals surface area contributed by atoms with Gasteiger partial charge in [-0.3, -0.25) is 0 Å². The number of fused-ring (bicyclic) bond motifs is 2. The highest BCUT2D eigenvalue weighted by Gasteiger charge is 2.33. The third-order valence-electron chi connectivity index (χ3n) is 6.38. The summed E-state index contributed by atoms with van der Waals surface area (Å²) in [7, 11) is 0. The number of benzene rings is 3. The van der Waals surface area contributed by atoms with Gasteiger partial charge in [-0.05, 0) is 106 Å². The fourth-order valence-electron chi connectivity index (χ4n) is 4.96. The molecule has 1 atom stereocenters. The van der Waals surface area contributed by atoms with Gasteiger partial charge in [0.05, 0.1) is 10.0 Å². The summed E-state index contributed by atoms with van der Waals surface area (Å²) in [6.45, 7) is 3.53. The summed E-state index contributed by atoms with van der Waals surface area (Å²) in [4.78, 5) is 1.27. The van der Waals surface area contributed by atoms with E-state index in [1.54, 1.807) is 13.8 Å². The van der Waals surface area contributed by atoms with Gasteiger partial charge >= 0.3 is 6.18 Å². The quantitative estimate of drug-likeness (QED) is 0.343. The first-order valence-electron chi connectivity index (χ1n) is 10.7. The highest BCUT2D eigenvalue weighted by atomic mass is 79.9. The van der Waals surface area contributed by atoms with Crippen LogP contribution in [0, 0.1) is 13.8 Å². The van der Waals surface area contributed by atoms with Gasteiger partial charge in [-0.15, -0.1) is 11.8 Å². The Morgan fingerprint density at radius 3 is 2.50 bits per heavy atom. The number of rotatable bonds is 3. The normalized spacial score (nSPS) is 17.4. The Morgan fingerprint density at radius 1 is 1.03 bits per heavy atom. The van der Waals surface area contributed by atoms with Gasteiger partial charge in [-0.25, -0.2) is 0 Å². The first-order valence-corrected chi connectivity index (χ1v) is 12.4. The molecule has 0 spiro atoms. The number of aryl methyl sites for hydroxylation is 3. The first kappa shape index (κ1) is 21.9. The van der Waals surface area contributed by atoms with Gasteiger partial charge in [0.1, 0.15) is 11.9 Å². The van der Waals surface area contributed by atoms with Gasteiger partial charge in [-0.1, -0.05) is 24.3 Å². The van der Waals surface area contributed by atoms with Gasteiger partial charge in [0.15, 0.2) is 0 Å². The molecule has 6 heteroatoms. The van der Waals surface area contributed by atoms with Crippen LogP contribution in [-0.2, 0) is 19.0 Å². The summed E-state index contributed by atoms with van der Waals surface area (Å²) < 4.78 is 47.2. The van der Waals surface area contributed by atoms with Crippen LogP contribution >= 0.6 is 27.7 Å². The molecular formula is C26H22BrF3OS. The molecule has 1 nitrogen and oxygen atoms in total. The smallest absolute Gasteiger partial charge is 0.416 e. The van der Waals surface area contributed by atoms with Crippen LogP contribution in [0.3, 0.4) is 0 Å². The summed E-state index contributed by atoms with van der Waals surface area (Å²) >= 11 is 5.59. The average molecular weight is 519 g/mol. The Labute approximate surface area is 198 Å². The predicted molar refractivity (Wildman–Crippen MR) is 127 cm³/mol. The molecule has 0 radical (unpaired) electrons. The second kappa shape index (κ2) is 8.14. The molecule has 0 amide bonds. The van der Waals surface area contributed by atoms with Crippen molar-refractivity contribution in [1.82, 2.24) is 0 Å². The minimum Gasteiger partial charge on any atom is -0.484 e. The second-order valence-corrected chi connectivity index (χ2v) is 10.4. The number of hydrogen-bond acceptors (Lipinski definition) is 2. The lowest BCUT2D eigenvalue weighted by atomic mass is 9.89. The molecule has 0 bridgehead atoms. The zero-order chi connectivity index (χ0) is 22.6. The summed E-state index contributed by atoms with van der Waals surface area (Å²) in [5.74, 6) is 1.95. The van der Waals surface area contributed by atoms with E-state index in [0.717, 1.165) is 51.9 Å². The van der Waals surface area contributed by atoms with Crippen molar-refractivity contribution in [3.8, 4) is 16.9 Å². The van der Waals surface area contributed by atoms with Crippen molar-refractivity contribution in [2.45, 2.75) is 50.3 Å². The van der Waals surface area contributed by atoms with E-state index in [0.29, 0.717) is 11.1 Å². The van der Waals surface area contributed by atoms with Crippen LogP contribution in [-0.4, -0.2) is 5.75 Å². The Hall–Kier alpha value is -1.92. The van der Waals surface area contributed by atoms with E-state index in [1.807, 2.05) is 30.0 Å². The molecule has 1 unspecified atom stereocenters. The molecule has 32 heavy (non-hydrogen) atoms. The van der Waals surface area contributed by atoms with Crippen molar-refractivity contribution < 1.29 is 17.9 Å². The molecular weight excluding hydrogens is 497 g/mol. The molecule has 1 aliphatic carbocycles. The van der Waals surface area contributed by atoms with E-state index in [9.17, 15) is 13.2 Å². The standard InChI is InChI=1S/C26H22BrF3OS/c1-14-12-17(26(28,29)30)13-15(2)23(14)20-5-3-4-19-18(20)7-9-21(19)31-22-8-6-16-10-11-32-25(16)24(22)27/h3-6,8,12-13,21H,7,9-11H2,1-2H3. The number of hydrogen-bond donors (Lipinski definition) is 0. The zero-order valence-corrected chi connectivity index (χ0v) is 20.2. The highest BCUT2D eigenvalue weighted by Crippen LogP contribution is 2.46. The molecule has 0 saturated carbocycles. The third-order valence-corrected chi connectivity index (χ3v) is 8.59. The molecule has 0 aromatic heterocycles. The van der Waals surface area contributed by atoms with Crippen molar-refractivity contribution in [1.29, 1.82) is 0 Å². The van der Waals surface area contributed by atoms with Crippen molar-refractivity contribution in [3.05, 3.63) is 80.3 Å². The molecule has 0 saturated heterocycles. The largest absolute Gasteiger partial charge is 0.484 e. The molecule has 166 valence electrons. The lowest BCUT2D eigenvalue weighted by Gasteiger charge is -2.19. The molecule has 1 aliphatic heterocycles. The van der Waals surface area contributed by atoms with Gasteiger partial charge in [0, 0.05) is 10.6 Å². The lowest BCUT2D eigenvalue weighted by Crippen LogP contribution is -2.07. The SMILES string of the molecule is Cc1cc(C(F)(F)F)cc(C)c1-c1cccc2c1CCC2Oc1ccc2c(c1Br)SCC2. The van der Waals surface area contributed by atoms with Crippen molar-refractivity contribution >= 4 is 27.7 Å². The minimum atomic E-state index is -4.34. The monoisotopic (exact) mass is 518 g/mol. The molecule has 1 heterocycles. The van der Waals surface area contributed by atoms with E-state index in [4.69, 9.17) is 4.74 Å². The van der Waals surface area contributed by atoms with Gasteiger partial charge < -0.3 is 4.74 Å². The molecule has 0 N–H and O–H groups in total. The maximum Gasteiger partial charge on any atom is 0.416 e. The van der Waals surface area contributed by atoms with Crippen LogP contribution in [0.25, 0.3) is 11.1 Å². The highest BCUT2D eigenvalue weighted by molar-refractivity contribution is 9.10. The van der Waals surface area contributed by atoms with Gasteiger partial charge in [-0.2, -0.15) is 13.2 Å². The maximum atomic E-state index is 13.3. The van der Waals surface area contributed by atoms with Gasteiger partial charge in [0.25, 0.3) is 0 Å². The van der Waals surface area contributed by atoms with Crippen molar-refractivity contribution in [2.24, 2.45) is 0 Å². The van der Waals surface area contributed by atoms with Crippen LogP contribution in [0.2, 0.25) is 0 Å². The fraction of sp³-hybridized carbons (Fsp3) is 0.308. The number of halogens is 4. The summed E-state index contributed by atoms with van der Waals surface area (Å²) in [6, 6.07) is 12.8. The Kier molecular flexibility index (Phi) is 5.57. The molecule has 3 aromatic rings. The summed E-state index contributed by atoms with van der Waals surface area (Å²) in [5.41, 5.74) is 6.27. The van der Waals surface area contributed by atoms with Crippen LogP contribution in [0.5, 0.6) is 5.75 Å². The third kappa shape index (κ3) is 3.75. The van der Waals surface area contributed by atoms with Crippen LogP contribution in [0.15, 0.2) is 51.8 Å². The predicted octanol–water partition coefficient (Wildman–Crippen LogP) is 8.47. The zero-order valence-electron chi connectivity index (χ0n) is 17.8. The van der Waals surface area contributed by atoms with E-state index in [1.165, 1.54) is 28.2 Å². The summed E-state index contributed by atoms with van der Waals surface area (Å²) in [5, 5.41) is 0. The number of thioether (sulfide) groups is 1. The number of alkyl halides is 3. The number of ether oxygens (including phenoxy) is 1. The molecule has 5 rings (SSSR count). The van der Waals surface area contributed by atoms with Crippen LogP contribution in [0.4, 0.5) is 13.2 Å². The topological polar surface area (TPSA) is 9.23 Å². The van der Waals surface area contributed by atoms with Crippen molar-refractivity contribution in [3.63, 3.8) is 0 Å². The molecule has 2 aliphatic rings. The maximum absolute atomic E-state index is 13.3. The Balaban J connectivity index is 1.51. The van der Waals surface area contributed by atoms with E-state index >= 15 is 0 Å². The average Bonchev–Trinajstić information content (AvgIpc) is 3.37. The second-order valence-electron chi connectivity index (χ2n) is 8.47. The van der Waals surface area contributed by atoms with Crippen molar-refractivity contribution in [2.75, 3.05) is 5.75 Å². The Bertz CT molecular complexity index is 1200. The lowest BCUT2D eigenvalue weighted by molar-refractivity contribution is -0.137. The van der Waals surface area contributed by atoms with Gasteiger partial charge in [0.2, 0.25) is 0 Å². The minimum absolute atomic E-state index is 0.0687. The summed E-state index contributed by atoms with van der Waals surface area (Å²) in [6.07, 6.45) is -1.64. The van der Waals surface area contributed by atoms with E-state index < -0.39 is 11.7 Å². The molecule has 0 fully saturated rings. The first-order chi connectivity index (χ1) is 15.2. The van der Waals surface area contributed by atoms with Crippen LogP contribution < -0.4 is 4.74 Å². The molecule has 3 aromatic carbocycles. The van der Waals surface area contributed by atoms with Crippen LogP contribution in [0.1, 0.15) is 45.9 Å². The van der Waals surface area contributed by atoms with E-state index in [2.05, 4.69) is 28.1 Å². The fourth-order valence-corrected chi connectivity index (χ4v) is 6.90. The van der Waals surface area contributed by atoms with E-state index in [-0.39, 0.29) is 6.10 Å².